The SMILES string of the molecule is O=C(O)CC1CCN(CCC(=O)NC2CC2)CC1. The van der Waals surface area contributed by atoms with Gasteiger partial charge in [-0.3, -0.25) is 9.59 Å². The number of amides is 1. The van der Waals surface area contributed by atoms with Crippen LogP contribution in [0.2, 0.25) is 0 Å². The number of carbonyl (C=O) groups is 2. The first-order chi connectivity index (χ1) is 8.63. The van der Waals surface area contributed by atoms with Gasteiger partial charge in [0.2, 0.25) is 5.91 Å². The fourth-order valence-corrected chi connectivity index (χ4v) is 2.45. The second-order valence-corrected chi connectivity index (χ2v) is 5.47. The molecule has 1 saturated carbocycles. The molecule has 5 nitrogen and oxygen atoms in total. The first-order valence-corrected chi connectivity index (χ1v) is 6.87. The van der Waals surface area contributed by atoms with Crippen molar-refractivity contribution in [1.82, 2.24) is 10.2 Å². The van der Waals surface area contributed by atoms with Gasteiger partial charge in [-0.1, -0.05) is 0 Å². The Morgan fingerprint density at radius 1 is 1.17 bits per heavy atom. The lowest BCUT2D eigenvalue weighted by molar-refractivity contribution is -0.138. The summed E-state index contributed by atoms with van der Waals surface area (Å²) in [6.45, 7) is 2.65. The van der Waals surface area contributed by atoms with Gasteiger partial charge in [-0.25, -0.2) is 0 Å². The van der Waals surface area contributed by atoms with Crippen LogP contribution >= 0.6 is 0 Å². The monoisotopic (exact) mass is 254 g/mol. The first-order valence-electron chi connectivity index (χ1n) is 6.87. The van der Waals surface area contributed by atoms with E-state index in [-0.39, 0.29) is 12.3 Å². The fraction of sp³-hybridized carbons (Fsp3) is 0.846. The lowest BCUT2D eigenvalue weighted by Crippen LogP contribution is -2.37. The quantitative estimate of drug-likeness (QED) is 0.737. The van der Waals surface area contributed by atoms with Crippen LogP contribution in [0.25, 0.3) is 0 Å². The number of rotatable bonds is 6. The van der Waals surface area contributed by atoms with Crippen molar-refractivity contribution in [2.45, 2.75) is 44.6 Å². The van der Waals surface area contributed by atoms with E-state index in [1.165, 1.54) is 0 Å². The lowest BCUT2D eigenvalue weighted by atomic mass is 9.93. The molecule has 1 amide bonds. The van der Waals surface area contributed by atoms with Gasteiger partial charge in [0.15, 0.2) is 0 Å². The zero-order valence-corrected chi connectivity index (χ0v) is 10.7. The van der Waals surface area contributed by atoms with E-state index in [4.69, 9.17) is 5.11 Å². The predicted molar refractivity (Wildman–Crippen MR) is 67.2 cm³/mol. The van der Waals surface area contributed by atoms with Gasteiger partial charge in [-0.15, -0.1) is 0 Å². The molecule has 0 unspecified atom stereocenters. The lowest BCUT2D eigenvalue weighted by Gasteiger charge is -2.31. The summed E-state index contributed by atoms with van der Waals surface area (Å²) in [6.07, 6.45) is 5.00. The van der Waals surface area contributed by atoms with Crippen LogP contribution in [0.5, 0.6) is 0 Å². The second kappa shape index (κ2) is 6.18. The van der Waals surface area contributed by atoms with E-state index in [1.54, 1.807) is 0 Å². The summed E-state index contributed by atoms with van der Waals surface area (Å²) < 4.78 is 0. The maximum Gasteiger partial charge on any atom is 0.303 e. The number of carboxylic acid groups (broad SMARTS) is 1. The Kier molecular flexibility index (Phi) is 4.58. The van der Waals surface area contributed by atoms with E-state index in [1.807, 2.05) is 0 Å². The van der Waals surface area contributed by atoms with Crippen LogP contribution < -0.4 is 5.32 Å². The highest BCUT2D eigenvalue weighted by Gasteiger charge is 2.24. The van der Waals surface area contributed by atoms with Gasteiger partial charge in [0, 0.05) is 25.4 Å². The molecule has 1 aliphatic heterocycles. The van der Waals surface area contributed by atoms with Gasteiger partial charge in [-0.2, -0.15) is 0 Å². The molecule has 18 heavy (non-hydrogen) atoms. The molecular formula is C13H22N2O3. The Morgan fingerprint density at radius 3 is 2.39 bits per heavy atom. The van der Waals surface area contributed by atoms with Crippen LogP contribution in [0.1, 0.15) is 38.5 Å². The van der Waals surface area contributed by atoms with E-state index in [2.05, 4.69) is 10.2 Å². The van der Waals surface area contributed by atoms with Crippen molar-refractivity contribution in [1.29, 1.82) is 0 Å². The molecule has 102 valence electrons. The molecule has 5 heteroatoms. The number of aliphatic carboxylic acids is 1. The molecule has 0 radical (unpaired) electrons. The summed E-state index contributed by atoms with van der Waals surface area (Å²) in [4.78, 5) is 24.4. The Hall–Kier alpha value is -1.10. The molecule has 0 aromatic heterocycles. The standard InChI is InChI=1S/C13H22N2O3/c16-12(14-11-1-2-11)5-8-15-6-3-10(4-7-15)9-13(17)18/h10-11H,1-9H2,(H,14,16)(H,17,18). The summed E-state index contributed by atoms with van der Waals surface area (Å²) in [6, 6.07) is 0.443. The van der Waals surface area contributed by atoms with Crippen LogP contribution in [0.3, 0.4) is 0 Å². The number of nitrogens with one attached hydrogen (secondary N) is 1. The number of likely N-dealkylation sites (tertiary alicyclic amines) is 1. The summed E-state index contributed by atoms with van der Waals surface area (Å²) in [5, 5.41) is 11.7. The van der Waals surface area contributed by atoms with E-state index < -0.39 is 5.97 Å². The van der Waals surface area contributed by atoms with Crippen molar-refractivity contribution >= 4 is 11.9 Å². The Morgan fingerprint density at radius 2 is 1.83 bits per heavy atom. The minimum Gasteiger partial charge on any atom is -0.481 e. The highest BCUT2D eigenvalue weighted by Crippen LogP contribution is 2.21. The maximum atomic E-state index is 11.5. The zero-order valence-electron chi connectivity index (χ0n) is 10.7. The van der Waals surface area contributed by atoms with Crippen LogP contribution in [0.15, 0.2) is 0 Å². The molecule has 0 aromatic rings. The van der Waals surface area contributed by atoms with Crippen molar-refractivity contribution < 1.29 is 14.7 Å². The second-order valence-electron chi connectivity index (χ2n) is 5.47. The molecule has 1 heterocycles. The van der Waals surface area contributed by atoms with Gasteiger partial charge in [0.25, 0.3) is 0 Å². The zero-order chi connectivity index (χ0) is 13.0. The van der Waals surface area contributed by atoms with E-state index >= 15 is 0 Å². The summed E-state index contributed by atoms with van der Waals surface area (Å²) in [5.74, 6) is -0.221. The van der Waals surface area contributed by atoms with E-state index in [9.17, 15) is 9.59 Å². The van der Waals surface area contributed by atoms with Crippen LogP contribution in [-0.2, 0) is 9.59 Å². The molecule has 0 aromatic carbocycles. The normalized spacial score (nSPS) is 21.8. The van der Waals surface area contributed by atoms with E-state index in [0.29, 0.717) is 18.4 Å². The summed E-state index contributed by atoms with van der Waals surface area (Å²) in [5.41, 5.74) is 0. The van der Waals surface area contributed by atoms with Gasteiger partial charge in [-0.05, 0) is 44.7 Å². The Bertz CT molecular complexity index is 307. The molecule has 2 N–H and O–H groups in total. The molecule has 1 aliphatic carbocycles. The number of piperidine rings is 1. The summed E-state index contributed by atoms with van der Waals surface area (Å²) >= 11 is 0. The number of nitrogens with zero attached hydrogens (tertiary/aromatic N) is 1. The third-order valence-electron chi connectivity index (χ3n) is 3.77. The molecule has 0 spiro atoms. The molecule has 2 aliphatic rings. The molecule has 0 atom stereocenters. The van der Waals surface area contributed by atoms with Crippen molar-refractivity contribution in [3.8, 4) is 0 Å². The van der Waals surface area contributed by atoms with Crippen molar-refractivity contribution in [2.24, 2.45) is 5.92 Å². The number of hydrogen-bond donors (Lipinski definition) is 2. The number of carbonyl (C=O) groups excluding carboxylic acids is 1. The highest BCUT2D eigenvalue weighted by molar-refractivity contribution is 5.76. The number of carboxylic acids is 1. The summed E-state index contributed by atoms with van der Waals surface area (Å²) in [7, 11) is 0. The fourth-order valence-electron chi connectivity index (χ4n) is 2.45. The minimum absolute atomic E-state index is 0.158. The van der Waals surface area contributed by atoms with E-state index in [0.717, 1.165) is 45.3 Å². The smallest absolute Gasteiger partial charge is 0.303 e. The third kappa shape index (κ3) is 4.64. The molecule has 0 bridgehead atoms. The van der Waals surface area contributed by atoms with Crippen molar-refractivity contribution in [3.63, 3.8) is 0 Å². The molecule has 1 saturated heterocycles. The number of hydrogen-bond acceptors (Lipinski definition) is 3. The molecular weight excluding hydrogens is 232 g/mol. The van der Waals surface area contributed by atoms with Crippen molar-refractivity contribution in [2.75, 3.05) is 19.6 Å². The Balaban J connectivity index is 1.57. The average molecular weight is 254 g/mol. The average Bonchev–Trinajstić information content (AvgIpc) is 3.11. The van der Waals surface area contributed by atoms with Crippen molar-refractivity contribution in [3.05, 3.63) is 0 Å². The topological polar surface area (TPSA) is 69.6 Å². The molecule has 2 rings (SSSR count). The first kappa shape index (κ1) is 13.3. The van der Waals surface area contributed by atoms with Gasteiger partial charge in [0.05, 0.1) is 0 Å². The van der Waals surface area contributed by atoms with Crippen LogP contribution in [-0.4, -0.2) is 47.6 Å². The van der Waals surface area contributed by atoms with Gasteiger partial charge < -0.3 is 15.3 Å². The van der Waals surface area contributed by atoms with Crippen LogP contribution in [0.4, 0.5) is 0 Å². The molecule has 2 fully saturated rings. The van der Waals surface area contributed by atoms with Crippen LogP contribution in [0, 0.1) is 5.92 Å². The largest absolute Gasteiger partial charge is 0.481 e. The van der Waals surface area contributed by atoms with Gasteiger partial charge in [0.1, 0.15) is 0 Å². The third-order valence-corrected chi connectivity index (χ3v) is 3.77. The van der Waals surface area contributed by atoms with Gasteiger partial charge >= 0.3 is 5.97 Å². The Labute approximate surface area is 108 Å². The minimum atomic E-state index is -0.697. The maximum absolute atomic E-state index is 11.5. The predicted octanol–water partition coefficient (Wildman–Crippen LogP) is 0.842. The highest BCUT2D eigenvalue weighted by atomic mass is 16.4.